The summed E-state index contributed by atoms with van der Waals surface area (Å²) in [4.78, 5) is 0. The number of nitrogens with two attached hydrogens (primary N) is 1. The van der Waals surface area contributed by atoms with Crippen LogP contribution in [0.5, 0.6) is 0 Å². The summed E-state index contributed by atoms with van der Waals surface area (Å²) >= 11 is 0. The smallest absolute Gasteiger partial charge is 0.0752 e. The molecule has 1 nitrogen and oxygen atoms in total. The number of hydrogen-bond acceptors (Lipinski definition) is 0. The summed E-state index contributed by atoms with van der Waals surface area (Å²) in [5.74, 6) is 0. The van der Waals surface area contributed by atoms with Gasteiger partial charge >= 0.3 is 0 Å². The molecule has 0 spiro atoms. The van der Waals surface area contributed by atoms with E-state index in [0.717, 1.165) is 0 Å². The van der Waals surface area contributed by atoms with Gasteiger partial charge in [-0.3, -0.25) is 0 Å². The zero-order chi connectivity index (χ0) is 4.83. The Bertz CT molecular complexity index is 20.0. The van der Waals surface area contributed by atoms with Crippen LogP contribution in [0.25, 0.3) is 0 Å². The first-order valence-electron chi connectivity index (χ1n) is 2.73. The Morgan fingerprint density at radius 1 is 1.29 bits per heavy atom. The van der Waals surface area contributed by atoms with Crippen molar-refractivity contribution >= 4 is 0 Å². The molecular formula is C5H14IN. The van der Waals surface area contributed by atoms with E-state index in [-0.39, 0.29) is 24.0 Å². The lowest BCUT2D eigenvalue weighted by Crippen LogP contribution is -3.00. The number of hydrogen-bond donors (Lipinski definition) is 1. The first kappa shape index (κ1) is 10.6. The molecule has 0 aromatic heterocycles. The maximum absolute atomic E-state index is 2.31. The molecule has 0 aliphatic rings. The second-order valence-corrected chi connectivity index (χ2v) is 1.49. The van der Waals surface area contributed by atoms with Gasteiger partial charge in [-0.05, 0) is 13.3 Å². The summed E-state index contributed by atoms with van der Waals surface area (Å²) in [6.45, 7) is 6.90. The topological polar surface area (TPSA) is 16.6 Å². The SMILES string of the molecule is CCC[NH2+]CC.[I-]. The molecule has 7 heavy (non-hydrogen) atoms. The molecule has 2 N–H and O–H groups in total. The molecule has 0 radical (unpaired) electrons. The molecule has 2 heteroatoms. The average Bonchev–Trinajstić information content (AvgIpc) is 1.61. The van der Waals surface area contributed by atoms with Gasteiger partial charge in [0.1, 0.15) is 0 Å². The Balaban J connectivity index is 0. The van der Waals surface area contributed by atoms with Crippen molar-refractivity contribution in [1.29, 1.82) is 0 Å². The molecule has 0 aliphatic heterocycles. The summed E-state index contributed by atoms with van der Waals surface area (Å²) in [5.41, 5.74) is 0. The van der Waals surface area contributed by atoms with Crippen molar-refractivity contribution in [3.05, 3.63) is 0 Å². The molecule has 0 unspecified atom stereocenters. The van der Waals surface area contributed by atoms with Crippen molar-refractivity contribution in [2.75, 3.05) is 13.1 Å². The van der Waals surface area contributed by atoms with Crippen molar-refractivity contribution in [2.45, 2.75) is 20.3 Å². The van der Waals surface area contributed by atoms with Gasteiger partial charge in [0.05, 0.1) is 13.1 Å². The van der Waals surface area contributed by atoms with Gasteiger partial charge in [-0.25, -0.2) is 0 Å². The van der Waals surface area contributed by atoms with Crippen LogP contribution in [0.15, 0.2) is 0 Å². The normalized spacial score (nSPS) is 7.71. The number of quaternary nitrogens is 1. The van der Waals surface area contributed by atoms with E-state index < -0.39 is 0 Å². The quantitative estimate of drug-likeness (QED) is 0.381. The highest BCUT2D eigenvalue weighted by atomic mass is 127. The predicted octanol–water partition coefficient (Wildman–Crippen LogP) is -3.02. The summed E-state index contributed by atoms with van der Waals surface area (Å²) < 4.78 is 0. The molecule has 0 aromatic carbocycles. The van der Waals surface area contributed by atoms with Gasteiger partial charge in [-0.2, -0.15) is 0 Å². The van der Waals surface area contributed by atoms with Crippen molar-refractivity contribution in [3.63, 3.8) is 0 Å². The van der Waals surface area contributed by atoms with Crippen molar-refractivity contribution in [3.8, 4) is 0 Å². The van der Waals surface area contributed by atoms with Gasteiger partial charge in [0.2, 0.25) is 0 Å². The van der Waals surface area contributed by atoms with E-state index in [1.165, 1.54) is 19.5 Å². The Morgan fingerprint density at radius 2 is 1.86 bits per heavy atom. The first-order valence-corrected chi connectivity index (χ1v) is 2.73. The highest BCUT2D eigenvalue weighted by Gasteiger charge is 1.75. The van der Waals surface area contributed by atoms with E-state index in [1.54, 1.807) is 0 Å². The molecule has 0 aliphatic carbocycles. The third-order valence-electron chi connectivity index (χ3n) is 0.781. The average molecular weight is 215 g/mol. The molecule has 0 fully saturated rings. The van der Waals surface area contributed by atoms with E-state index in [0.29, 0.717) is 0 Å². The van der Waals surface area contributed by atoms with Gasteiger partial charge in [0.15, 0.2) is 0 Å². The van der Waals surface area contributed by atoms with E-state index in [9.17, 15) is 0 Å². The molecule has 46 valence electrons. The standard InChI is InChI=1S/C5H13N.HI/c1-3-5-6-4-2;/h6H,3-5H2,1-2H3;1H. The van der Waals surface area contributed by atoms with Crippen LogP contribution in [0, 0.1) is 0 Å². The van der Waals surface area contributed by atoms with Crippen LogP contribution < -0.4 is 29.3 Å². The summed E-state index contributed by atoms with van der Waals surface area (Å²) in [5, 5.41) is 2.31. The zero-order valence-electron chi connectivity index (χ0n) is 5.08. The molecule has 0 atom stereocenters. The Kier molecular flexibility index (Phi) is 15.0. The van der Waals surface area contributed by atoms with Crippen molar-refractivity contribution in [2.24, 2.45) is 0 Å². The van der Waals surface area contributed by atoms with Crippen LogP contribution in [0.4, 0.5) is 0 Å². The van der Waals surface area contributed by atoms with Crippen molar-refractivity contribution in [1.82, 2.24) is 0 Å². The van der Waals surface area contributed by atoms with Crippen LogP contribution >= 0.6 is 0 Å². The molecule has 0 bridgehead atoms. The van der Waals surface area contributed by atoms with E-state index in [1.807, 2.05) is 0 Å². The fourth-order valence-corrected chi connectivity index (χ4v) is 0.408. The van der Waals surface area contributed by atoms with Crippen LogP contribution in [-0.4, -0.2) is 13.1 Å². The fourth-order valence-electron chi connectivity index (χ4n) is 0.408. The minimum atomic E-state index is 0. The Hall–Kier alpha value is 0.690. The van der Waals surface area contributed by atoms with E-state index in [2.05, 4.69) is 19.2 Å². The fraction of sp³-hybridized carbons (Fsp3) is 1.00. The van der Waals surface area contributed by atoms with Gasteiger partial charge in [0, 0.05) is 0 Å². The van der Waals surface area contributed by atoms with Crippen molar-refractivity contribution < 1.29 is 29.3 Å². The molecule has 0 amide bonds. The van der Waals surface area contributed by atoms with E-state index >= 15 is 0 Å². The maximum atomic E-state index is 2.31. The first-order chi connectivity index (χ1) is 2.91. The predicted molar refractivity (Wildman–Crippen MR) is 27.6 cm³/mol. The minimum absolute atomic E-state index is 0. The summed E-state index contributed by atoms with van der Waals surface area (Å²) in [6, 6.07) is 0. The lowest BCUT2D eigenvalue weighted by Gasteiger charge is -1.88. The third-order valence-corrected chi connectivity index (χ3v) is 0.781. The highest BCUT2D eigenvalue weighted by molar-refractivity contribution is 4.12. The maximum Gasteiger partial charge on any atom is 0.0752 e. The third kappa shape index (κ3) is 10.8. The van der Waals surface area contributed by atoms with Crippen LogP contribution in [0.3, 0.4) is 0 Å². The van der Waals surface area contributed by atoms with Crippen LogP contribution in [0.1, 0.15) is 20.3 Å². The largest absolute Gasteiger partial charge is 1.00 e. The summed E-state index contributed by atoms with van der Waals surface area (Å²) in [7, 11) is 0. The molecule has 0 aromatic rings. The Morgan fingerprint density at radius 3 is 2.00 bits per heavy atom. The van der Waals surface area contributed by atoms with Gasteiger partial charge in [0.25, 0.3) is 0 Å². The van der Waals surface area contributed by atoms with Crippen LogP contribution in [0.2, 0.25) is 0 Å². The van der Waals surface area contributed by atoms with Crippen LogP contribution in [-0.2, 0) is 0 Å². The van der Waals surface area contributed by atoms with Gasteiger partial charge in [-0.1, -0.05) is 6.92 Å². The number of halogens is 1. The minimum Gasteiger partial charge on any atom is -1.00 e. The number of rotatable bonds is 3. The lowest BCUT2D eigenvalue weighted by molar-refractivity contribution is -0.651. The monoisotopic (exact) mass is 215 g/mol. The van der Waals surface area contributed by atoms with E-state index in [4.69, 9.17) is 0 Å². The molecule has 0 heterocycles. The molecule has 0 saturated carbocycles. The second kappa shape index (κ2) is 9.85. The molecule has 0 rings (SSSR count). The molecular weight excluding hydrogens is 201 g/mol. The van der Waals surface area contributed by atoms with Gasteiger partial charge in [-0.15, -0.1) is 0 Å². The van der Waals surface area contributed by atoms with Gasteiger partial charge < -0.3 is 29.3 Å². The lowest BCUT2D eigenvalue weighted by atomic mass is 10.5. The highest BCUT2D eigenvalue weighted by Crippen LogP contribution is 1.57. The zero-order valence-corrected chi connectivity index (χ0v) is 7.23. The Labute approximate surface area is 62.9 Å². The molecule has 0 saturated heterocycles. The second-order valence-electron chi connectivity index (χ2n) is 1.49. The summed E-state index contributed by atoms with van der Waals surface area (Å²) in [6.07, 6.45) is 1.30.